The summed E-state index contributed by atoms with van der Waals surface area (Å²) >= 11 is 0. The summed E-state index contributed by atoms with van der Waals surface area (Å²) in [7, 11) is 2.29. The molecule has 0 heterocycles. The van der Waals surface area contributed by atoms with Crippen LogP contribution in [0.3, 0.4) is 0 Å². The van der Waals surface area contributed by atoms with Gasteiger partial charge in [-0.05, 0) is 44.8 Å². The minimum atomic E-state index is 0.772. The Bertz CT molecular complexity index is 164. The van der Waals surface area contributed by atoms with Gasteiger partial charge in [0.2, 0.25) is 0 Å². The van der Waals surface area contributed by atoms with Crippen molar-refractivity contribution in [2.45, 2.75) is 46.0 Å². The molecule has 0 aromatic heterocycles. The van der Waals surface area contributed by atoms with E-state index in [4.69, 9.17) is 0 Å². The molecule has 0 bridgehead atoms. The van der Waals surface area contributed by atoms with Crippen LogP contribution in [0.15, 0.2) is 0 Å². The van der Waals surface area contributed by atoms with Crippen molar-refractivity contribution in [1.82, 2.24) is 10.2 Å². The number of nitrogens with one attached hydrogen (secondary N) is 1. The number of hydrogen-bond donors (Lipinski definition) is 1. The minimum Gasteiger partial charge on any atom is -0.317 e. The first-order valence-corrected chi connectivity index (χ1v) is 7.11. The van der Waals surface area contributed by atoms with Crippen molar-refractivity contribution < 1.29 is 0 Å². The molecule has 96 valence electrons. The first kappa shape index (κ1) is 14.0. The number of hydrogen-bond acceptors (Lipinski definition) is 2. The van der Waals surface area contributed by atoms with Crippen LogP contribution in [0.25, 0.3) is 0 Å². The highest BCUT2D eigenvalue weighted by atomic mass is 15.1. The van der Waals surface area contributed by atoms with Crippen LogP contribution in [0.2, 0.25) is 0 Å². The Kier molecular flexibility index (Phi) is 7.06. The predicted molar refractivity (Wildman–Crippen MR) is 71.8 cm³/mol. The van der Waals surface area contributed by atoms with Gasteiger partial charge in [-0.1, -0.05) is 33.1 Å². The molecular weight excluding hydrogens is 196 g/mol. The summed E-state index contributed by atoms with van der Waals surface area (Å²) < 4.78 is 0. The van der Waals surface area contributed by atoms with Crippen molar-refractivity contribution in [2.24, 2.45) is 11.8 Å². The standard InChI is InChI=1S/C14H30N2/c1-4-15-10-13(2)11-16(3)12-14-8-6-5-7-9-14/h13-15H,4-12H2,1-3H3. The van der Waals surface area contributed by atoms with Gasteiger partial charge in [0.15, 0.2) is 0 Å². The van der Waals surface area contributed by atoms with E-state index >= 15 is 0 Å². The SMILES string of the molecule is CCNCC(C)CN(C)CC1CCCCC1. The Morgan fingerprint density at radius 1 is 1.25 bits per heavy atom. The van der Waals surface area contributed by atoms with E-state index in [1.165, 1.54) is 45.2 Å². The quantitative estimate of drug-likeness (QED) is 0.718. The zero-order valence-corrected chi connectivity index (χ0v) is 11.5. The highest BCUT2D eigenvalue weighted by Crippen LogP contribution is 2.24. The first-order valence-electron chi connectivity index (χ1n) is 7.11. The van der Waals surface area contributed by atoms with E-state index < -0.39 is 0 Å². The van der Waals surface area contributed by atoms with E-state index in [0.717, 1.165) is 24.9 Å². The topological polar surface area (TPSA) is 15.3 Å². The summed E-state index contributed by atoms with van der Waals surface area (Å²) in [4.78, 5) is 2.54. The van der Waals surface area contributed by atoms with Crippen LogP contribution in [-0.4, -0.2) is 38.1 Å². The van der Waals surface area contributed by atoms with Gasteiger partial charge in [-0.2, -0.15) is 0 Å². The third-order valence-corrected chi connectivity index (χ3v) is 3.66. The third kappa shape index (κ3) is 5.86. The van der Waals surface area contributed by atoms with E-state index in [9.17, 15) is 0 Å². The second-order valence-electron chi connectivity index (χ2n) is 5.64. The molecule has 1 N–H and O–H groups in total. The van der Waals surface area contributed by atoms with Crippen molar-refractivity contribution in [3.63, 3.8) is 0 Å². The number of rotatable bonds is 7. The van der Waals surface area contributed by atoms with Gasteiger partial charge in [-0.3, -0.25) is 0 Å². The van der Waals surface area contributed by atoms with Crippen LogP contribution in [0.4, 0.5) is 0 Å². The summed E-state index contributed by atoms with van der Waals surface area (Å²) in [5, 5.41) is 3.43. The molecule has 1 atom stereocenters. The minimum absolute atomic E-state index is 0.772. The smallest absolute Gasteiger partial charge is 0.00162 e. The largest absolute Gasteiger partial charge is 0.317 e. The molecule has 1 aliphatic rings. The van der Waals surface area contributed by atoms with Crippen LogP contribution in [0.5, 0.6) is 0 Å². The molecule has 16 heavy (non-hydrogen) atoms. The molecule has 0 spiro atoms. The molecule has 1 saturated carbocycles. The fraction of sp³-hybridized carbons (Fsp3) is 1.00. The molecule has 1 fully saturated rings. The molecule has 2 nitrogen and oxygen atoms in total. The summed E-state index contributed by atoms with van der Waals surface area (Å²) in [6.07, 6.45) is 7.33. The highest BCUT2D eigenvalue weighted by Gasteiger charge is 2.16. The van der Waals surface area contributed by atoms with Crippen LogP contribution in [-0.2, 0) is 0 Å². The predicted octanol–water partition coefficient (Wildman–Crippen LogP) is 2.74. The summed E-state index contributed by atoms with van der Waals surface area (Å²) in [5.74, 6) is 1.75. The fourth-order valence-electron chi connectivity index (χ4n) is 2.87. The molecule has 2 heteroatoms. The molecule has 0 aromatic rings. The van der Waals surface area contributed by atoms with Gasteiger partial charge in [-0.15, -0.1) is 0 Å². The lowest BCUT2D eigenvalue weighted by molar-refractivity contribution is 0.211. The number of nitrogens with zero attached hydrogens (tertiary/aromatic N) is 1. The maximum Gasteiger partial charge on any atom is 0.00162 e. The monoisotopic (exact) mass is 226 g/mol. The Morgan fingerprint density at radius 3 is 2.56 bits per heavy atom. The van der Waals surface area contributed by atoms with Crippen LogP contribution < -0.4 is 5.32 Å². The Morgan fingerprint density at radius 2 is 1.94 bits per heavy atom. The van der Waals surface area contributed by atoms with Crippen LogP contribution in [0, 0.1) is 11.8 Å². The lowest BCUT2D eigenvalue weighted by Gasteiger charge is -2.28. The van der Waals surface area contributed by atoms with Gasteiger partial charge < -0.3 is 10.2 Å². The van der Waals surface area contributed by atoms with E-state index in [1.807, 2.05) is 0 Å². The molecule has 1 rings (SSSR count). The molecule has 0 aromatic carbocycles. The normalized spacial score (nSPS) is 20.2. The Hall–Kier alpha value is -0.0800. The molecule has 1 aliphatic carbocycles. The molecule has 0 aliphatic heterocycles. The second-order valence-corrected chi connectivity index (χ2v) is 5.64. The van der Waals surface area contributed by atoms with E-state index in [1.54, 1.807) is 0 Å². The molecule has 1 unspecified atom stereocenters. The third-order valence-electron chi connectivity index (χ3n) is 3.66. The second kappa shape index (κ2) is 8.08. The molecular formula is C14H30N2. The van der Waals surface area contributed by atoms with E-state index in [-0.39, 0.29) is 0 Å². The molecule has 0 amide bonds. The van der Waals surface area contributed by atoms with E-state index in [0.29, 0.717) is 0 Å². The van der Waals surface area contributed by atoms with Gasteiger partial charge in [0, 0.05) is 13.1 Å². The maximum atomic E-state index is 3.43. The fourth-order valence-corrected chi connectivity index (χ4v) is 2.87. The van der Waals surface area contributed by atoms with Crippen molar-refractivity contribution in [1.29, 1.82) is 0 Å². The van der Waals surface area contributed by atoms with Gasteiger partial charge in [0.1, 0.15) is 0 Å². The van der Waals surface area contributed by atoms with Gasteiger partial charge in [0.05, 0.1) is 0 Å². The van der Waals surface area contributed by atoms with Crippen molar-refractivity contribution >= 4 is 0 Å². The average Bonchev–Trinajstić information content (AvgIpc) is 2.27. The molecule has 0 saturated heterocycles. The first-order chi connectivity index (χ1) is 7.72. The summed E-state index contributed by atoms with van der Waals surface area (Å²) in [6, 6.07) is 0. The zero-order chi connectivity index (χ0) is 11.8. The van der Waals surface area contributed by atoms with Crippen molar-refractivity contribution in [2.75, 3.05) is 33.2 Å². The maximum absolute atomic E-state index is 3.43. The highest BCUT2D eigenvalue weighted by molar-refractivity contribution is 4.70. The van der Waals surface area contributed by atoms with Crippen molar-refractivity contribution in [3.8, 4) is 0 Å². The average molecular weight is 226 g/mol. The van der Waals surface area contributed by atoms with E-state index in [2.05, 4.69) is 31.1 Å². The lowest BCUT2D eigenvalue weighted by Crippen LogP contribution is -2.34. The summed E-state index contributed by atoms with van der Waals surface area (Å²) in [6.45, 7) is 9.33. The zero-order valence-electron chi connectivity index (χ0n) is 11.5. The Balaban J connectivity index is 2.11. The summed E-state index contributed by atoms with van der Waals surface area (Å²) in [5.41, 5.74) is 0. The van der Waals surface area contributed by atoms with Gasteiger partial charge >= 0.3 is 0 Å². The van der Waals surface area contributed by atoms with Crippen LogP contribution >= 0.6 is 0 Å². The van der Waals surface area contributed by atoms with Crippen molar-refractivity contribution in [3.05, 3.63) is 0 Å². The lowest BCUT2D eigenvalue weighted by atomic mass is 9.89. The molecule has 0 radical (unpaired) electrons. The van der Waals surface area contributed by atoms with Gasteiger partial charge in [-0.25, -0.2) is 0 Å². The van der Waals surface area contributed by atoms with Crippen LogP contribution in [0.1, 0.15) is 46.0 Å². The van der Waals surface area contributed by atoms with Gasteiger partial charge in [0.25, 0.3) is 0 Å². The Labute approximate surface area is 102 Å².